The Morgan fingerprint density at radius 1 is 1.43 bits per heavy atom. The van der Waals surface area contributed by atoms with Crippen molar-refractivity contribution in [2.24, 2.45) is 0 Å². The van der Waals surface area contributed by atoms with E-state index in [1.54, 1.807) is 7.11 Å². The summed E-state index contributed by atoms with van der Waals surface area (Å²) in [6, 6.07) is 2.02. The van der Waals surface area contributed by atoms with Crippen LogP contribution in [0, 0.1) is 13.8 Å². The van der Waals surface area contributed by atoms with Crippen LogP contribution in [0.2, 0.25) is 0 Å². The summed E-state index contributed by atoms with van der Waals surface area (Å²) >= 11 is 3.34. The molecule has 1 aromatic carbocycles. The molecule has 78 valence electrons. The average Bonchev–Trinajstić information content (AvgIpc) is 2.14. The summed E-state index contributed by atoms with van der Waals surface area (Å²) in [7, 11) is 1.55. The van der Waals surface area contributed by atoms with Crippen molar-refractivity contribution in [2.75, 3.05) is 7.11 Å². The molecule has 0 aromatic heterocycles. The number of aryl methyl sites for hydroxylation is 2. The zero-order chi connectivity index (χ0) is 10.7. The van der Waals surface area contributed by atoms with Crippen LogP contribution in [0.15, 0.2) is 10.5 Å². The fraction of sp³-hybridized carbons (Fsp3) is 0.400. The highest BCUT2D eigenvalue weighted by Gasteiger charge is 2.10. The van der Waals surface area contributed by atoms with Crippen molar-refractivity contribution >= 4 is 15.9 Å². The maximum absolute atomic E-state index is 9.84. The second-order valence-corrected chi connectivity index (χ2v) is 3.97. The van der Waals surface area contributed by atoms with Crippen molar-refractivity contribution in [3.8, 4) is 5.75 Å². The van der Waals surface area contributed by atoms with Crippen LogP contribution in [0.25, 0.3) is 0 Å². The molecule has 0 radical (unpaired) electrons. The van der Waals surface area contributed by atoms with Gasteiger partial charge in [-0.1, -0.05) is 6.07 Å². The van der Waals surface area contributed by atoms with Gasteiger partial charge in [-0.15, -0.1) is 0 Å². The van der Waals surface area contributed by atoms with Crippen LogP contribution in [-0.4, -0.2) is 12.2 Å². The number of hydrogen-bond donors (Lipinski definition) is 2. The van der Waals surface area contributed by atoms with Crippen molar-refractivity contribution < 1.29 is 9.94 Å². The van der Waals surface area contributed by atoms with Crippen molar-refractivity contribution in [3.05, 3.63) is 27.2 Å². The van der Waals surface area contributed by atoms with E-state index in [-0.39, 0.29) is 5.75 Å². The summed E-state index contributed by atoms with van der Waals surface area (Å²) in [4.78, 5) is 4.75. The number of aromatic hydroxyl groups is 1. The maximum atomic E-state index is 9.84. The summed E-state index contributed by atoms with van der Waals surface area (Å²) in [5.74, 6) is 0.284. The number of hydroxylamine groups is 1. The summed E-state index contributed by atoms with van der Waals surface area (Å²) in [5, 5.41) is 9.84. The Bertz CT molecular complexity index is 339. The summed E-state index contributed by atoms with van der Waals surface area (Å²) in [6.07, 6.45) is 0. The van der Waals surface area contributed by atoms with E-state index in [9.17, 15) is 5.11 Å². The monoisotopic (exact) mass is 259 g/mol. The van der Waals surface area contributed by atoms with Gasteiger partial charge in [-0.05, 0) is 40.9 Å². The molecule has 0 saturated heterocycles. The Hall–Kier alpha value is -0.580. The van der Waals surface area contributed by atoms with E-state index in [1.165, 1.54) is 0 Å². The van der Waals surface area contributed by atoms with Gasteiger partial charge in [0.25, 0.3) is 0 Å². The molecule has 0 amide bonds. The fourth-order valence-electron chi connectivity index (χ4n) is 1.35. The first kappa shape index (κ1) is 11.5. The quantitative estimate of drug-likeness (QED) is 0.820. The summed E-state index contributed by atoms with van der Waals surface area (Å²) in [5.41, 5.74) is 5.64. The zero-order valence-electron chi connectivity index (χ0n) is 8.52. The van der Waals surface area contributed by atoms with Gasteiger partial charge in [0, 0.05) is 12.1 Å². The van der Waals surface area contributed by atoms with Crippen molar-refractivity contribution in [1.82, 2.24) is 5.48 Å². The van der Waals surface area contributed by atoms with E-state index in [1.807, 2.05) is 19.9 Å². The van der Waals surface area contributed by atoms with E-state index in [2.05, 4.69) is 21.4 Å². The molecule has 3 nitrogen and oxygen atoms in total. The molecule has 1 aromatic rings. The minimum absolute atomic E-state index is 0.284. The molecular formula is C10H14BrNO2. The predicted octanol–water partition coefficient (Wildman–Crippen LogP) is 2.42. The smallest absolute Gasteiger partial charge is 0.134 e. The Kier molecular flexibility index (Phi) is 3.92. The Balaban J connectivity index is 3.09. The highest BCUT2D eigenvalue weighted by molar-refractivity contribution is 9.10. The van der Waals surface area contributed by atoms with Gasteiger partial charge in [0.05, 0.1) is 11.6 Å². The van der Waals surface area contributed by atoms with Gasteiger partial charge in [0.1, 0.15) is 5.75 Å². The molecule has 0 spiro atoms. The van der Waals surface area contributed by atoms with Gasteiger partial charge in [0.2, 0.25) is 0 Å². The largest absolute Gasteiger partial charge is 0.506 e. The lowest BCUT2D eigenvalue weighted by molar-refractivity contribution is 0.0860. The van der Waals surface area contributed by atoms with Crippen molar-refractivity contribution in [1.29, 1.82) is 0 Å². The Labute approximate surface area is 92.2 Å². The molecule has 0 atom stereocenters. The molecule has 0 aliphatic rings. The second-order valence-electron chi connectivity index (χ2n) is 3.18. The number of nitrogens with one attached hydrogen (secondary N) is 1. The number of halogens is 1. The Morgan fingerprint density at radius 3 is 2.64 bits per heavy atom. The first-order chi connectivity index (χ1) is 6.57. The molecule has 1 rings (SSSR count). The predicted molar refractivity (Wildman–Crippen MR) is 59.1 cm³/mol. The zero-order valence-corrected chi connectivity index (χ0v) is 10.1. The third-order valence-electron chi connectivity index (χ3n) is 2.14. The lowest BCUT2D eigenvalue weighted by atomic mass is 10.0. The average molecular weight is 260 g/mol. The van der Waals surface area contributed by atoms with Crippen molar-refractivity contribution in [2.45, 2.75) is 20.4 Å². The van der Waals surface area contributed by atoms with Crippen LogP contribution < -0.4 is 5.48 Å². The molecule has 4 heteroatoms. The van der Waals surface area contributed by atoms with Crippen LogP contribution >= 0.6 is 15.9 Å². The number of hydrogen-bond acceptors (Lipinski definition) is 3. The molecule has 0 saturated carbocycles. The van der Waals surface area contributed by atoms with Crippen LogP contribution in [0.4, 0.5) is 0 Å². The van der Waals surface area contributed by atoms with E-state index in [4.69, 9.17) is 4.84 Å². The summed E-state index contributed by atoms with van der Waals surface area (Å²) in [6.45, 7) is 4.41. The van der Waals surface area contributed by atoms with Crippen LogP contribution in [0.5, 0.6) is 5.75 Å². The lowest BCUT2D eigenvalue weighted by Crippen LogP contribution is -2.12. The van der Waals surface area contributed by atoms with Crippen LogP contribution in [-0.2, 0) is 11.4 Å². The van der Waals surface area contributed by atoms with Crippen molar-refractivity contribution in [3.63, 3.8) is 0 Å². The van der Waals surface area contributed by atoms with Gasteiger partial charge < -0.3 is 9.94 Å². The van der Waals surface area contributed by atoms with E-state index >= 15 is 0 Å². The third-order valence-corrected chi connectivity index (χ3v) is 3.14. The molecule has 0 bridgehead atoms. The van der Waals surface area contributed by atoms with Crippen LogP contribution in [0.3, 0.4) is 0 Å². The van der Waals surface area contributed by atoms with Gasteiger partial charge >= 0.3 is 0 Å². The fourth-order valence-corrected chi connectivity index (χ4v) is 1.70. The van der Waals surface area contributed by atoms with Crippen LogP contribution in [0.1, 0.15) is 16.7 Å². The standard InChI is InChI=1S/C10H14BrNO2/c1-6-4-7(2)9(11)10(13)8(6)5-12-14-3/h4,12-13H,5H2,1-3H3. The number of rotatable bonds is 3. The molecule has 0 aliphatic carbocycles. The minimum Gasteiger partial charge on any atom is -0.506 e. The van der Waals surface area contributed by atoms with E-state index < -0.39 is 0 Å². The van der Waals surface area contributed by atoms with Gasteiger partial charge in [-0.25, -0.2) is 0 Å². The SMILES string of the molecule is CONCc1c(C)cc(C)c(Br)c1O. The first-order valence-corrected chi connectivity index (χ1v) is 5.10. The number of phenols is 1. The van der Waals surface area contributed by atoms with Gasteiger partial charge in [0.15, 0.2) is 0 Å². The van der Waals surface area contributed by atoms with Gasteiger partial charge in [-0.2, -0.15) is 5.48 Å². The number of phenolic OH excluding ortho intramolecular Hbond substituents is 1. The molecule has 0 heterocycles. The molecule has 0 unspecified atom stereocenters. The minimum atomic E-state index is 0.284. The second kappa shape index (κ2) is 4.77. The third kappa shape index (κ3) is 2.26. The van der Waals surface area contributed by atoms with E-state index in [0.29, 0.717) is 6.54 Å². The molecular weight excluding hydrogens is 246 g/mol. The molecule has 0 fully saturated rings. The summed E-state index contributed by atoms with van der Waals surface area (Å²) < 4.78 is 0.746. The van der Waals surface area contributed by atoms with Gasteiger partial charge in [-0.3, -0.25) is 0 Å². The molecule has 14 heavy (non-hydrogen) atoms. The topological polar surface area (TPSA) is 41.5 Å². The first-order valence-electron chi connectivity index (χ1n) is 4.31. The highest BCUT2D eigenvalue weighted by atomic mass is 79.9. The Morgan fingerprint density at radius 2 is 2.07 bits per heavy atom. The molecule has 0 aliphatic heterocycles. The number of benzene rings is 1. The lowest BCUT2D eigenvalue weighted by Gasteiger charge is -2.12. The normalized spacial score (nSPS) is 10.6. The maximum Gasteiger partial charge on any atom is 0.134 e. The van der Waals surface area contributed by atoms with E-state index in [0.717, 1.165) is 21.2 Å². The molecule has 2 N–H and O–H groups in total. The highest BCUT2D eigenvalue weighted by Crippen LogP contribution is 2.33.